The van der Waals surface area contributed by atoms with Gasteiger partial charge in [0.25, 0.3) is 0 Å². The Hall–Kier alpha value is -1.75. The van der Waals surface area contributed by atoms with Crippen molar-refractivity contribution in [1.82, 2.24) is 9.88 Å². The van der Waals surface area contributed by atoms with Gasteiger partial charge >= 0.3 is 5.76 Å². The molecule has 2 heterocycles. The Bertz CT molecular complexity index is 686. The number of fused-ring (bicyclic) bond motifs is 1. The van der Waals surface area contributed by atoms with E-state index in [0.717, 1.165) is 23.8 Å². The van der Waals surface area contributed by atoms with Crippen LogP contribution in [0.25, 0.3) is 11.1 Å². The normalized spacial score (nSPS) is 27.2. The highest BCUT2D eigenvalue weighted by molar-refractivity contribution is 5.76. The lowest BCUT2D eigenvalue weighted by atomic mass is 10.2. The molecule has 1 aliphatic carbocycles. The molecule has 1 aromatic carbocycles. The van der Waals surface area contributed by atoms with Crippen molar-refractivity contribution in [3.05, 3.63) is 28.7 Å². The fourth-order valence-electron chi connectivity index (χ4n) is 3.35. The van der Waals surface area contributed by atoms with Crippen LogP contribution in [0.5, 0.6) is 0 Å². The summed E-state index contributed by atoms with van der Waals surface area (Å²) in [6.45, 7) is 3.43. The molecule has 2 aromatic rings. The molecule has 2 N–H and O–H groups in total. The molecule has 1 saturated carbocycles. The quantitative estimate of drug-likeness (QED) is 0.899. The first-order valence-electron chi connectivity index (χ1n) is 7.34. The molecular weight excluding hydrogens is 254 g/mol. The lowest BCUT2D eigenvalue weighted by Gasteiger charge is -2.19. The van der Waals surface area contributed by atoms with Crippen LogP contribution in [0.3, 0.4) is 0 Å². The second-order valence-electron chi connectivity index (χ2n) is 6.08. The number of benzene rings is 1. The second kappa shape index (κ2) is 4.38. The molecule has 1 aliphatic heterocycles. The van der Waals surface area contributed by atoms with Gasteiger partial charge in [-0.3, -0.25) is 9.88 Å². The van der Waals surface area contributed by atoms with E-state index < -0.39 is 5.76 Å². The van der Waals surface area contributed by atoms with Gasteiger partial charge < -0.3 is 9.73 Å². The van der Waals surface area contributed by atoms with Crippen molar-refractivity contribution in [2.45, 2.75) is 44.3 Å². The highest BCUT2D eigenvalue weighted by Gasteiger charge is 2.38. The van der Waals surface area contributed by atoms with Gasteiger partial charge in [0.1, 0.15) is 0 Å². The van der Waals surface area contributed by atoms with E-state index in [1.807, 2.05) is 18.2 Å². The average Bonchev–Trinajstić information content (AvgIpc) is 3.08. The third-order valence-electron chi connectivity index (χ3n) is 4.43. The van der Waals surface area contributed by atoms with Gasteiger partial charge in [0.15, 0.2) is 5.58 Å². The second-order valence-corrected chi connectivity index (χ2v) is 6.08. The molecular formula is C15H19N3O2. The van der Waals surface area contributed by atoms with E-state index in [4.69, 9.17) is 4.42 Å². The number of nitrogens with one attached hydrogen (secondary N) is 2. The monoisotopic (exact) mass is 273 g/mol. The number of aromatic nitrogens is 1. The van der Waals surface area contributed by atoms with E-state index >= 15 is 0 Å². The van der Waals surface area contributed by atoms with Gasteiger partial charge in [-0.15, -0.1) is 0 Å². The van der Waals surface area contributed by atoms with Crippen LogP contribution >= 0.6 is 0 Å². The fraction of sp³-hybridized carbons (Fsp3) is 0.533. The predicted molar refractivity (Wildman–Crippen MR) is 78.1 cm³/mol. The molecule has 4 rings (SSSR count). The lowest BCUT2D eigenvalue weighted by Crippen LogP contribution is -2.30. The third-order valence-corrected chi connectivity index (χ3v) is 4.43. The van der Waals surface area contributed by atoms with Gasteiger partial charge in [0.2, 0.25) is 0 Å². The Balaban J connectivity index is 1.51. The number of likely N-dealkylation sites (tertiary alicyclic amines) is 1. The maximum absolute atomic E-state index is 11.2. The largest absolute Gasteiger partial charge is 0.417 e. The number of hydrogen-bond donors (Lipinski definition) is 2. The molecule has 0 bridgehead atoms. The third kappa shape index (κ3) is 2.12. The first kappa shape index (κ1) is 12.0. The van der Waals surface area contributed by atoms with Gasteiger partial charge in [-0.2, -0.15) is 0 Å². The summed E-state index contributed by atoms with van der Waals surface area (Å²) in [5.41, 5.74) is 2.41. The van der Waals surface area contributed by atoms with Gasteiger partial charge in [0, 0.05) is 30.4 Å². The van der Waals surface area contributed by atoms with Crippen molar-refractivity contribution in [3.8, 4) is 0 Å². The Labute approximate surface area is 117 Å². The van der Waals surface area contributed by atoms with E-state index in [0.29, 0.717) is 17.7 Å². The topological polar surface area (TPSA) is 61.3 Å². The fourth-order valence-corrected chi connectivity index (χ4v) is 3.35. The maximum atomic E-state index is 11.2. The minimum atomic E-state index is -0.397. The number of rotatable bonds is 3. The summed E-state index contributed by atoms with van der Waals surface area (Å²) in [6.07, 6.45) is 3.90. The molecule has 0 radical (unpaired) electrons. The SMILES string of the molecule is CC1CC(Nc2ccc3oc(=O)[nH]c3c2)CN1C1CC1. The van der Waals surface area contributed by atoms with Crippen LogP contribution in [0.2, 0.25) is 0 Å². The number of nitrogens with zero attached hydrogens (tertiary/aromatic N) is 1. The van der Waals surface area contributed by atoms with Crippen molar-refractivity contribution in [2.24, 2.45) is 0 Å². The minimum absolute atomic E-state index is 0.397. The zero-order valence-corrected chi connectivity index (χ0v) is 11.6. The molecule has 5 heteroatoms. The van der Waals surface area contributed by atoms with Crippen LogP contribution in [-0.4, -0.2) is 34.6 Å². The highest BCUT2D eigenvalue weighted by atomic mass is 16.4. The summed E-state index contributed by atoms with van der Waals surface area (Å²) in [5, 5.41) is 3.58. The molecule has 0 amide bonds. The van der Waals surface area contributed by atoms with Gasteiger partial charge in [-0.05, 0) is 44.4 Å². The van der Waals surface area contributed by atoms with Crippen LogP contribution in [0.1, 0.15) is 26.2 Å². The number of aromatic amines is 1. The predicted octanol–water partition coefficient (Wildman–Crippen LogP) is 2.16. The van der Waals surface area contributed by atoms with Crippen LogP contribution in [0.4, 0.5) is 5.69 Å². The van der Waals surface area contributed by atoms with Gasteiger partial charge in [-0.1, -0.05) is 0 Å². The molecule has 1 saturated heterocycles. The van der Waals surface area contributed by atoms with Crippen LogP contribution in [0.15, 0.2) is 27.4 Å². The molecule has 5 nitrogen and oxygen atoms in total. The summed E-state index contributed by atoms with van der Waals surface area (Å²) in [5.74, 6) is -0.397. The minimum Gasteiger partial charge on any atom is -0.408 e. The maximum Gasteiger partial charge on any atom is 0.417 e. The zero-order chi connectivity index (χ0) is 13.7. The van der Waals surface area contributed by atoms with Crippen molar-refractivity contribution < 1.29 is 4.42 Å². The van der Waals surface area contributed by atoms with Crippen LogP contribution in [0, 0.1) is 0 Å². The Morgan fingerprint density at radius 1 is 1.40 bits per heavy atom. The molecule has 2 atom stereocenters. The van der Waals surface area contributed by atoms with Crippen molar-refractivity contribution >= 4 is 16.8 Å². The summed E-state index contributed by atoms with van der Waals surface area (Å²) >= 11 is 0. The van der Waals surface area contributed by atoms with E-state index in [-0.39, 0.29) is 0 Å². The molecule has 2 fully saturated rings. The Morgan fingerprint density at radius 2 is 2.25 bits per heavy atom. The number of H-pyrrole nitrogens is 1. The van der Waals surface area contributed by atoms with Gasteiger partial charge in [0.05, 0.1) is 5.52 Å². The summed E-state index contributed by atoms with van der Waals surface area (Å²) in [7, 11) is 0. The number of oxazole rings is 1. The Morgan fingerprint density at radius 3 is 3.05 bits per heavy atom. The average molecular weight is 273 g/mol. The number of anilines is 1. The van der Waals surface area contributed by atoms with E-state index in [2.05, 4.69) is 22.1 Å². The zero-order valence-electron chi connectivity index (χ0n) is 11.6. The molecule has 2 aliphatic rings. The lowest BCUT2D eigenvalue weighted by molar-refractivity contribution is 0.257. The van der Waals surface area contributed by atoms with E-state index in [1.54, 1.807) is 0 Å². The standard InChI is InChI=1S/C15H19N3O2/c1-9-6-11(8-18(9)12-3-4-12)16-10-2-5-14-13(7-10)17-15(19)20-14/h2,5,7,9,11-12,16H,3-4,6,8H2,1H3,(H,17,19). The molecule has 20 heavy (non-hydrogen) atoms. The van der Waals surface area contributed by atoms with Crippen molar-refractivity contribution in [2.75, 3.05) is 11.9 Å². The molecule has 1 aromatic heterocycles. The van der Waals surface area contributed by atoms with Crippen molar-refractivity contribution in [1.29, 1.82) is 0 Å². The highest BCUT2D eigenvalue weighted by Crippen LogP contribution is 2.34. The first-order valence-corrected chi connectivity index (χ1v) is 7.34. The molecule has 106 valence electrons. The van der Waals surface area contributed by atoms with Gasteiger partial charge in [-0.25, -0.2) is 4.79 Å². The summed E-state index contributed by atoms with van der Waals surface area (Å²) in [4.78, 5) is 16.5. The Kier molecular flexibility index (Phi) is 2.63. The van der Waals surface area contributed by atoms with E-state index in [9.17, 15) is 4.79 Å². The number of hydrogen-bond acceptors (Lipinski definition) is 4. The molecule has 0 spiro atoms. The van der Waals surface area contributed by atoms with Crippen LogP contribution < -0.4 is 11.1 Å². The summed E-state index contributed by atoms with van der Waals surface area (Å²) in [6, 6.07) is 7.74. The summed E-state index contributed by atoms with van der Waals surface area (Å²) < 4.78 is 5.02. The van der Waals surface area contributed by atoms with Crippen molar-refractivity contribution in [3.63, 3.8) is 0 Å². The van der Waals surface area contributed by atoms with E-state index in [1.165, 1.54) is 19.3 Å². The first-order chi connectivity index (χ1) is 9.69. The molecule has 2 unspecified atom stereocenters. The smallest absolute Gasteiger partial charge is 0.408 e. The van der Waals surface area contributed by atoms with Crippen LogP contribution in [-0.2, 0) is 0 Å².